The second-order valence-electron chi connectivity index (χ2n) is 4.24. The average molecular weight is 326 g/mol. The Morgan fingerprint density at radius 2 is 1.06 bits per heavy atom. The lowest BCUT2D eigenvalue weighted by atomic mass is 10.4. The summed E-state index contributed by atoms with van der Waals surface area (Å²) in [6.07, 6.45) is 0. The van der Waals surface area contributed by atoms with Crippen molar-refractivity contribution in [1.29, 1.82) is 0 Å². The van der Waals surface area contributed by atoms with Gasteiger partial charge in [-0.3, -0.25) is 0 Å². The Labute approximate surface area is 122 Å². The molecule has 0 nitrogen and oxygen atoms in total. The van der Waals surface area contributed by atoms with Crippen molar-refractivity contribution in [3.8, 4) is 0 Å². The topological polar surface area (TPSA) is 0 Å². The zero-order chi connectivity index (χ0) is 12.6. The Morgan fingerprint density at radius 1 is 0.722 bits per heavy atom. The van der Waals surface area contributed by atoms with E-state index >= 15 is 0 Å². The summed E-state index contributed by atoms with van der Waals surface area (Å²) in [6, 6.07) is 21.1. The van der Waals surface area contributed by atoms with Crippen LogP contribution in [0, 0.1) is 0 Å². The fourth-order valence-corrected chi connectivity index (χ4v) is 30.7. The fraction of sp³-hybridized carbons (Fsp3) is 0.0769. The third kappa shape index (κ3) is 2.28. The van der Waals surface area contributed by atoms with Crippen LogP contribution in [0.15, 0.2) is 60.7 Å². The van der Waals surface area contributed by atoms with E-state index in [1.165, 1.54) is 10.6 Å². The molecule has 2 aromatic carbocycles. The average Bonchev–Trinajstić information content (AvgIpc) is 2.39. The Bertz CT molecular complexity index is 581. The van der Waals surface area contributed by atoms with Crippen molar-refractivity contribution in [3.05, 3.63) is 60.7 Å². The minimum absolute atomic E-state index is 1.06. The molecule has 1 aliphatic heterocycles. The van der Waals surface area contributed by atoms with Crippen LogP contribution in [0.5, 0.6) is 0 Å². The lowest BCUT2D eigenvalue weighted by Gasteiger charge is -2.41. The maximum atomic E-state index is 5.88. The molecule has 2 atom stereocenters. The minimum Gasteiger partial charge on any atom is -0.0802 e. The van der Waals surface area contributed by atoms with Gasteiger partial charge in [0.05, 0.1) is 0 Å². The molecule has 0 aliphatic carbocycles. The summed E-state index contributed by atoms with van der Waals surface area (Å²) in [5, 5.41) is -0.205. The molecule has 1 fully saturated rings. The zero-order valence-electron chi connectivity index (χ0n) is 9.60. The molecule has 2 unspecified atom stereocenters. The standard InChI is InChI=1S/C13H12P2S3/c16-14(12-7-3-1-4-8-12)11-15(17,18-14)13-9-5-2-6-10-13/h1-10H,11H2. The summed E-state index contributed by atoms with van der Waals surface area (Å²) in [5.74, 6) is 1.06. The molecule has 3 rings (SSSR count). The Kier molecular flexibility index (Phi) is 3.55. The first-order valence-electron chi connectivity index (χ1n) is 5.63. The van der Waals surface area contributed by atoms with Crippen LogP contribution in [0.4, 0.5) is 0 Å². The van der Waals surface area contributed by atoms with Crippen LogP contribution in [0.1, 0.15) is 0 Å². The molecule has 0 bridgehead atoms. The van der Waals surface area contributed by atoms with E-state index in [-0.39, 0.29) is 0 Å². The van der Waals surface area contributed by atoms with Crippen LogP contribution in [0.25, 0.3) is 0 Å². The largest absolute Gasteiger partial charge is 0.0802 e. The Hall–Kier alpha value is 0.0900. The van der Waals surface area contributed by atoms with Gasteiger partial charge in [-0.15, -0.1) is 0 Å². The first-order valence-corrected chi connectivity index (χ1v) is 13.6. The van der Waals surface area contributed by atoms with Crippen molar-refractivity contribution < 1.29 is 0 Å². The summed E-state index contributed by atoms with van der Waals surface area (Å²) < 4.78 is 0. The third-order valence-electron chi connectivity index (χ3n) is 2.94. The Balaban J connectivity index is 1.89. The summed E-state index contributed by atoms with van der Waals surface area (Å²) in [4.78, 5) is 0. The Morgan fingerprint density at radius 3 is 1.39 bits per heavy atom. The van der Waals surface area contributed by atoms with E-state index in [9.17, 15) is 0 Å². The molecule has 0 spiro atoms. The number of rotatable bonds is 2. The first-order chi connectivity index (χ1) is 8.62. The molecular formula is C13H12P2S3. The van der Waals surface area contributed by atoms with Gasteiger partial charge in [0.15, 0.2) is 0 Å². The number of benzene rings is 2. The minimum atomic E-state index is -1.44. The summed E-state index contributed by atoms with van der Waals surface area (Å²) in [5.41, 5.74) is 0. The molecule has 1 heterocycles. The van der Waals surface area contributed by atoms with E-state index in [0.717, 1.165) is 5.90 Å². The fourth-order valence-electron chi connectivity index (χ4n) is 2.02. The van der Waals surface area contributed by atoms with Gasteiger partial charge in [0.25, 0.3) is 0 Å². The summed E-state index contributed by atoms with van der Waals surface area (Å²) >= 11 is 13.7. The van der Waals surface area contributed by atoms with Gasteiger partial charge in [-0.05, 0) is 10.6 Å². The van der Waals surface area contributed by atoms with Gasteiger partial charge in [0.1, 0.15) is 0 Å². The van der Waals surface area contributed by atoms with Gasteiger partial charge in [0.2, 0.25) is 0 Å². The molecule has 92 valence electrons. The molecule has 0 N–H and O–H groups in total. The van der Waals surface area contributed by atoms with Crippen molar-refractivity contribution in [3.63, 3.8) is 0 Å². The van der Waals surface area contributed by atoms with Crippen LogP contribution < -0.4 is 10.6 Å². The molecule has 0 saturated carbocycles. The van der Waals surface area contributed by atoms with Crippen LogP contribution in [0.3, 0.4) is 0 Å². The second kappa shape index (κ2) is 4.89. The lowest BCUT2D eigenvalue weighted by molar-refractivity contribution is 1.76. The summed E-state index contributed by atoms with van der Waals surface area (Å²) in [6.45, 7) is 0. The van der Waals surface area contributed by atoms with Crippen LogP contribution in [-0.2, 0) is 23.6 Å². The zero-order valence-corrected chi connectivity index (χ0v) is 13.8. The molecule has 18 heavy (non-hydrogen) atoms. The summed E-state index contributed by atoms with van der Waals surface area (Å²) in [7, 11) is 0. The SMILES string of the molecule is S=P1(c2ccccc2)CP(=S)(c2ccccc2)S1. The van der Waals surface area contributed by atoms with Crippen molar-refractivity contribution in [1.82, 2.24) is 0 Å². The molecule has 0 radical (unpaired) electrons. The number of hydrogen-bond acceptors (Lipinski definition) is 3. The molecule has 0 aromatic heterocycles. The number of hydrogen-bond donors (Lipinski definition) is 0. The van der Waals surface area contributed by atoms with E-state index < -0.39 is 10.5 Å². The lowest BCUT2D eigenvalue weighted by Crippen LogP contribution is -2.17. The maximum absolute atomic E-state index is 5.88. The molecule has 1 aliphatic rings. The maximum Gasteiger partial charge on any atom is 0.0450 e. The van der Waals surface area contributed by atoms with E-state index in [0.29, 0.717) is 0 Å². The van der Waals surface area contributed by atoms with Gasteiger partial charge >= 0.3 is 0 Å². The molecule has 0 amide bonds. The predicted molar refractivity (Wildman–Crippen MR) is 93.2 cm³/mol. The molecule has 5 heteroatoms. The van der Waals surface area contributed by atoms with Crippen molar-refractivity contribution >= 4 is 55.7 Å². The molecular weight excluding hydrogens is 314 g/mol. The van der Waals surface area contributed by atoms with Crippen molar-refractivity contribution in [2.45, 2.75) is 0 Å². The van der Waals surface area contributed by atoms with Crippen molar-refractivity contribution in [2.24, 2.45) is 0 Å². The molecule has 2 aromatic rings. The van der Waals surface area contributed by atoms with Crippen molar-refractivity contribution in [2.75, 3.05) is 5.90 Å². The highest BCUT2D eigenvalue weighted by atomic mass is 33.2. The monoisotopic (exact) mass is 326 g/mol. The van der Waals surface area contributed by atoms with Gasteiger partial charge in [0, 0.05) is 16.4 Å². The van der Waals surface area contributed by atoms with Crippen LogP contribution in [-0.4, -0.2) is 5.90 Å². The highest BCUT2D eigenvalue weighted by Crippen LogP contribution is 2.91. The highest BCUT2D eigenvalue weighted by Gasteiger charge is 2.44. The van der Waals surface area contributed by atoms with Gasteiger partial charge < -0.3 is 0 Å². The first kappa shape index (κ1) is 13.1. The predicted octanol–water partition coefficient (Wildman–Crippen LogP) is 4.13. The van der Waals surface area contributed by atoms with E-state index in [1.54, 1.807) is 0 Å². The second-order valence-corrected chi connectivity index (χ2v) is 20.1. The quantitative estimate of drug-likeness (QED) is 0.762. The van der Waals surface area contributed by atoms with E-state index in [4.69, 9.17) is 23.6 Å². The van der Waals surface area contributed by atoms with E-state index in [1.807, 2.05) is 23.1 Å². The van der Waals surface area contributed by atoms with Crippen LogP contribution >= 0.6 is 21.5 Å². The van der Waals surface area contributed by atoms with Gasteiger partial charge in [-0.2, -0.15) is 0 Å². The van der Waals surface area contributed by atoms with Gasteiger partial charge in [-0.1, -0.05) is 95.3 Å². The van der Waals surface area contributed by atoms with Crippen LogP contribution in [0.2, 0.25) is 0 Å². The van der Waals surface area contributed by atoms with E-state index in [2.05, 4.69) is 48.5 Å². The third-order valence-corrected chi connectivity index (χ3v) is 25.2. The normalized spacial score (nSPS) is 30.7. The highest BCUT2D eigenvalue weighted by molar-refractivity contribution is 9.08. The smallest absolute Gasteiger partial charge is 0.0450 e. The molecule has 1 saturated heterocycles. The van der Waals surface area contributed by atoms with Gasteiger partial charge in [-0.25, -0.2) is 0 Å².